The van der Waals surface area contributed by atoms with Crippen LogP contribution in [-0.2, 0) is 9.53 Å². The average Bonchev–Trinajstić information content (AvgIpc) is 3.53. The summed E-state index contributed by atoms with van der Waals surface area (Å²) < 4.78 is 14.0. The van der Waals surface area contributed by atoms with Crippen LogP contribution in [0.2, 0.25) is 5.02 Å². The minimum absolute atomic E-state index is 0.254. The summed E-state index contributed by atoms with van der Waals surface area (Å²) in [5.41, 5.74) is 2.36. The number of fused-ring (bicyclic) bond motifs is 3. The lowest BCUT2D eigenvalue weighted by atomic mass is 10.2. The second kappa shape index (κ2) is 9.32. The van der Waals surface area contributed by atoms with Crippen molar-refractivity contribution in [1.29, 1.82) is 0 Å². The van der Waals surface area contributed by atoms with Gasteiger partial charge in [0, 0.05) is 33.1 Å². The molecule has 0 radical (unpaired) electrons. The number of furan rings is 1. The van der Waals surface area contributed by atoms with E-state index in [4.69, 9.17) is 25.7 Å². The predicted octanol–water partition coefficient (Wildman–Crippen LogP) is 6.03. The minimum Gasteiger partial charge on any atom is -0.467 e. The van der Waals surface area contributed by atoms with Crippen molar-refractivity contribution < 1.29 is 13.9 Å². The molecule has 0 aliphatic heterocycles. The van der Waals surface area contributed by atoms with Gasteiger partial charge in [0.2, 0.25) is 5.82 Å². The maximum atomic E-state index is 13.6. The molecule has 9 heteroatoms. The van der Waals surface area contributed by atoms with Crippen LogP contribution in [0.1, 0.15) is 18.5 Å². The number of halogens is 1. The van der Waals surface area contributed by atoms with Crippen molar-refractivity contribution in [1.82, 2.24) is 14.2 Å². The van der Waals surface area contributed by atoms with Gasteiger partial charge in [-0.3, -0.25) is 4.79 Å². The average molecular weight is 525 g/mol. The van der Waals surface area contributed by atoms with E-state index in [-0.39, 0.29) is 17.4 Å². The lowest BCUT2D eigenvalue weighted by Gasteiger charge is -2.12. The summed E-state index contributed by atoms with van der Waals surface area (Å²) in [6, 6.07) is 21.3. The van der Waals surface area contributed by atoms with Crippen molar-refractivity contribution in [2.24, 2.45) is 5.10 Å². The number of ether oxygens (including phenoxy) is 1. The van der Waals surface area contributed by atoms with Gasteiger partial charge < -0.3 is 13.7 Å². The van der Waals surface area contributed by atoms with Crippen molar-refractivity contribution in [2.45, 2.75) is 13.0 Å². The second-order valence-electron chi connectivity index (χ2n) is 8.81. The minimum atomic E-state index is -0.546. The van der Waals surface area contributed by atoms with Crippen molar-refractivity contribution in [3.05, 3.63) is 99.9 Å². The van der Waals surface area contributed by atoms with Crippen LogP contribution in [0.25, 0.3) is 44.4 Å². The third-order valence-electron chi connectivity index (χ3n) is 6.50. The van der Waals surface area contributed by atoms with Crippen LogP contribution in [-0.4, -0.2) is 33.5 Å². The summed E-state index contributed by atoms with van der Waals surface area (Å²) in [4.78, 5) is 30.6. The van der Waals surface area contributed by atoms with Crippen LogP contribution in [0, 0.1) is 0 Å². The highest BCUT2D eigenvalue weighted by atomic mass is 35.5. The molecule has 6 rings (SSSR count). The highest BCUT2D eigenvalue weighted by molar-refractivity contribution is 6.31. The lowest BCUT2D eigenvalue weighted by Crippen LogP contribution is -2.20. The normalized spacial score (nSPS) is 12.6. The number of hydrogen-bond donors (Lipinski definition) is 0. The van der Waals surface area contributed by atoms with E-state index in [2.05, 4.69) is 5.10 Å². The molecule has 3 aromatic heterocycles. The van der Waals surface area contributed by atoms with Crippen molar-refractivity contribution in [3.8, 4) is 11.6 Å². The van der Waals surface area contributed by atoms with Crippen LogP contribution in [0.4, 0.5) is 0 Å². The standard InChI is InChI=1S/C29H21ClN4O4/c1-17(29(36)37-2)33-16-19(21-7-4-6-10-24(21)33)15-31-34-27(32-23-9-5-3-8-22(23)28(34)35)26-14-18-13-20(30)11-12-25(18)38-26/h3-17H,1-2H3/t17-/m0/s1. The summed E-state index contributed by atoms with van der Waals surface area (Å²) >= 11 is 6.16. The predicted molar refractivity (Wildman–Crippen MR) is 148 cm³/mol. The number of esters is 1. The molecule has 0 unspecified atom stereocenters. The highest BCUT2D eigenvalue weighted by Gasteiger charge is 2.20. The number of aromatic nitrogens is 3. The highest BCUT2D eigenvalue weighted by Crippen LogP contribution is 2.29. The van der Waals surface area contributed by atoms with Crippen LogP contribution in [0.5, 0.6) is 0 Å². The molecule has 0 aliphatic carbocycles. The van der Waals surface area contributed by atoms with Gasteiger partial charge in [-0.2, -0.15) is 9.78 Å². The second-order valence-corrected chi connectivity index (χ2v) is 9.25. The molecule has 0 N–H and O–H groups in total. The maximum Gasteiger partial charge on any atom is 0.328 e. The molecule has 0 spiro atoms. The summed E-state index contributed by atoms with van der Waals surface area (Å²) in [7, 11) is 1.36. The fourth-order valence-electron chi connectivity index (χ4n) is 4.57. The molecule has 0 bridgehead atoms. The zero-order valence-corrected chi connectivity index (χ0v) is 21.2. The fourth-order valence-corrected chi connectivity index (χ4v) is 4.75. The van der Waals surface area contributed by atoms with Crippen molar-refractivity contribution >= 4 is 56.6 Å². The molecule has 0 amide bonds. The van der Waals surface area contributed by atoms with Gasteiger partial charge in [0.25, 0.3) is 5.56 Å². The molecule has 8 nitrogen and oxygen atoms in total. The van der Waals surface area contributed by atoms with E-state index in [0.29, 0.717) is 27.3 Å². The maximum absolute atomic E-state index is 13.6. The summed E-state index contributed by atoms with van der Waals surface area (Å²) in [5.74, 6) is 0.268. The third kappa shape index (κ3) is 3.95. The van der Waals surface area contributed by atoms with Gasteiger partial charge in [0.05, 0.1) is 24.2 Å². The number of carbonyl (C=O) groups excluding carboxylic acids is 1. The van der Waals surface area contributed by atoms with Crippen LogP contribution in [0.3, 0.4) is 0 Å². The topological polar surface area (TPSA) is 91.6 Å². The first-order valence-corrected chi connectivity index (χ1v) is 12.3. The largest absolute Gasteiger partial charge is 0.467 e. The molecule has 1 atom stereocenters. The van der Waals surface area contributed by atoms with Gasteiger partial charge in [-0.1, -0.05) is 41.9 Å². The Bertz CT molecular complexity index is 1950. The number of rotatable bonds is 5. The number of para-hydroxylation sites is 2. The molecule has 3 heterocycles. The van der Waals surface area contributed by atoms with Crippen LogP contribution in [0.15, 0.2) is 93.3 Å². The monoisotopic (exact) mass is 524 g/mol. The van der Waals surface area contributed by atoms with E-state index in [9.17, 15) is 9.59 Å². The molecule has 188 valence electrons. The van der Waals surface area contributed by atoms with E-state index in [1.54, 1.807) is 55.6 Å². The number of carbonyl (C=O) groups is 1. The quantitative estimate of drug-likeness (QED) is 0.203. The van der Waals surface area contributed by atoms with Crippen molar-refractivity contribution in [3.63, 3.8) is 0 Å². The Morgan fingerprint density at radius 2 is 1.84 bits per heavy atom. The van der Waals surface area contributed by atoms with Gasteiger partial charge in [0.1, 0.15) is 11.6 Å². The lowest BCUT2D eigenvalue weighted by molar-refractivity contribution is -0.143. The molecule has 0 saturated carbocycles. The number of hydrogen-bond acceptors (Lipinski definition) is 6. The first-order chi connectivity index (χ1) is 18.4. The van der Waals surface area contributed by atoms with E-state index in [1.807, 2.05) is 41.1 Å². The number of nitrogens with zero attached hydrogens (tertiary/aromatic N) is 4. The van der Waals surface area contributed by atoms with Gasteiger partial charge in [-0.25, -0.2) is 9.78 Å². The fraction of sp³-hybridized carbons (Fsp3) is 0.103. The Balaban J connectivity index is 1.54. The summed E-state index contributed by atoms with van der Waals surface area (Å²) in [6.45, 7) is 1.77. The third-order valence-corrected chi connectivity index (χ3v) is 6.73. The molecule has 0 saturated heterocycles. The van der Waals surface area contributed by atoms with Crippen molar-refractivity contribution in [2.75, 3.05) is 7.11 Å². The number of benzene rings is 3. The van der Waals surface area contributed by atoms with Gasteiger partial charge in [-0.15, -0.1) is 0 Å². The summed E-state index contributed by atoms with van der Waals surface area (Å²) in [5, 5.41) is 7.23. The zero-order valence-electron chi connectivity index (χ0n) is 20.5. The van der Waals surface area contributed by atoms with E-state index >= 15 is 0 Å². The zero-order chi connectivity index (χ0) is 26.4. The molecule has 38 heavy (non-hydrogen) atoms. The Labute approximate surface area is 221 Å². The SMILES string of the molecule is COC(=O)[C@H](C)n1cc(C=Nn2c(-c3cc4cc(Cl)ccc4o3)nc3ccccc3c2=O)c2ccccc21. The Morgan fingerprint density at radius 3 is 2.66 bits per heavy atom. The van der Waals surface area contributed by atoms with Crippen LogP contribution >= 0.6 is 11.6 Å². The Hall–Kier alpha value is -4.69. The molecule has 0 aliphatic rings. The Kier molecular flexibility index (Phi) is 5.81. The number of methoxy groups -OCH3 is 1. The van der Waals surface area contributed by atoms with E-state index in [1.165, 1.54) is 11.8 Å². The van der Waals surface area contributed by atoms with Gasteiger partial charge >= 0.3 is 5.97 Å². The Morgan fingerprint density at radius 1 is 1.08 bits per heavy atom. The van der Waals surface area contributed by atoms with E-state index < -0.39 is 6.04 Å². The van der Waals surface area contributed by atoms with E-state index in [0.717, 1.165) is 21.9 Å². The van der Waals surface area contributed by atoms with Gasteiger partial charge in [-0.05, 0) is 49.4 Å². The molecular weight excluding hydrogens is 504 g/mol. The molecule has 0 fully saturated rings. The van der Waals surface area contributed by atoms with Gasteiger partial charge in [0.15, 0.2) is 5.76 Å². The first-order valence-electron chi connectivity index (χ1n) is 11.9. The summed E-state index contributed by atoms with van der Waals surface area (Å²) in [6.07, 6.45) is 3.40. The molecule has 3 aromatic carbocycles. The first kappa shape index (κ1) is 23.7. The smallest absolute Gasteiger partial charge is 0.328 e. The molecular formula is C29H21ClN4O4. The molecule has 6 aromatic rings. The van der Waals surface area contributed by atoms with Crippen LogP contribution < -0.4 is 5.56 Å².